The van der Waals surface area contributed by atoms with Gasteiger partial charge in [0.2, 0.25) is 5.89 Å². The van der Waals surface area contributed by atoms with Crippen molar-refractivity contribution in [3.05, 3.63) is 33.1 Å². The van der Waals surface area contributed by atoms with Crippen LogP contribution in [0.5, 0.6) is 0 Å². The van der Waals surface area contributed by atoms with E-state index in [-0.39, 0.29) is 11.6 Å². The van der Waals surface area contributed by atoms with Gasteiger partial charge >= 0.3 is 0 Å². The van der Waals surface area contributed by atoms with Crippen molar-refractivity contribution in [2.75, 3.05) is 0 Å². The van der Waals surface area contributed by atoms with Crippen LogP contribution in [0.4, 0.5) is 0 Å². The lowest BCUT2D eigenvalue weighted by Gasteiger charge is -2.08. The summed E-state index contributed by atoms with van der Waals surface area (Å²) in [5.41, 5.74) is 0.867. The predicted molar refractivity (Wildman–Crippen MR) is 81.1 cm³/mol. The van der Waals surface area contributed by atoms with E-state index in [2.05, 4.69) is 10.1 Å². The molecule has 0 bridgehead atoms. The first-order valence-electron chi connectivity index (χ1n) is 6.98. The molecule has 7 heteroatoms. The molecule has 1 aliphatic rings. The van der Waals surface area contributed by atoms with Gasteiger partial charge in [-0.15, -0.1) is 11.3 Å². The fourth-order valence-electron chi connectivity index (χ4n) is 2.24. The lowest BCUT2D eigenvalue weighted by Crippen LogP contribution is -2.13. The summed E-state index contributed by atoms with van der Waals surface area (Å²) in [6, 6.07) is 1.94. The number of hydrogen-bond donors (Lipinski definition) is 0. The number of sulfone groups is 1. The van der Waals surface area contributed by atoms with Crippen LogP contribution < -0.4 is 0 Å². The van der Waals surface area contributed by atoms with E-state index in [1.165, 1.54) is 0 Å². The molecular weight excluding hydrogens is 308 g/mol. The maximum Gasteiger partial charge on any atom is 0.244 e. The molecule has 0 N–H and O–H groups in total. The Labute approximate surface area is 128 Å². The number of thiophene rings is 1. The molecule has 0 saturated heterocycles. The Morgan fingerprint density at radius 1 is 1.43 bits per heavy atom. The molecule has 114 valence electrons. The molecule has 0 aromatic carbocycles. The Morgan fingerprint density at radius 3 is 2.71 bits per heavy atom. The summed E-state index contributed by atoms with van der Waals surface area (Å²) in [5, 5.41) is 3.13. The van der Waals surface area contributed by atoms with Crippen molar-refractivity contribution in [3.8, 4) is 0 Å². The molecule has 1 fully saturated rings. The lowest BCUT2D eigenvalue weighted by molar-refractivity contribution is 0.371. The predicted octanol–water partition coefficient (Wildman–Crippen LogP) is 3.30. The molecule has 0 unspecified atom stereocenters. The summed E-state index contributed by atoms with van der Waals surface area (Å²) in [6.45, 7) is 5.55. The minimum absolute atomic E-state index is 0.0193. The van der Waals surface area contributed by atoms with Crippen molar-refractivity contribution in [2.24, 2.45) is 0 Å². The van der Waals surface area contributed by atoms with Crippen molar-refractivity contribution in [1.82, 2.24) is 10.1 Å². The number of rotatable bonds is 5. The maximum absolute atomic E-state index is 12.5. The fourth-order valence-corrected chi connectivity index (χ4v) is 4.67. The van der Waals surface area contributed by atoms with Crippen molar-refractivity contribution in [2.45, 2.75) is 50.5 Å². The van der Waals surface area contributed by atoms with Crippen LogP contribution in [0.15, 0.2) is 10.6 Å². The molecule has 0 amide bonds. The second-order valence-corrected chi connectivity index (χ2v) is 9.43. The summed E-state index contributed by atoms with van der Waals surface area (Å²) >= 11 is 1.62. The zero-order valence-corrected chi connectivity index (χ0v) is 13.9. The first kappa shape index (κ1) is 14.7. The molecule has 1 aliphatic carbocycles. The maximum atomic E-state index is 12.5. The largest absolute Gasteiger partial charge is 0.338 e. The second kappa shape index (κ2) is 5.21. The molecule has 5 nitrogen and oxygen atoms in total. The van der Waals surface area contributed by atoms with Crippen LogP contribution >= 0.6 is 11.3 Å². The molecule has 3 rings (SSSR count). The van der Waals surface area contributed by atoms with Crippen LogP contribution in [0, 0.1) is 13.8 Å². The third-order valence-electron chi connectivity index (χ3n) is 3.79. The van der Waals surface area contributed by atoms with Crippen molar-refractivity contribution >= 4 is 21.2 Å². The van der Waals surface area contributed by atoms with Crippen molar-refractivity contribution < 1.29 is 12.9 Å². The van der Waals surface area contributed by atoms with Gasteiger partial charge in [-0.3, -0.25) is 0 Å². The van der Waals surface area contributed by atoms with Gasteiger partial charge in [0.15, 0.2) is 15.7 Å². The Hall–Kier alpha value is -1.21. The van der Waals surface area contributed by atoms with Gasteiger partial charge in [-0.05, 0) is 45.2 Å². The number of hydrogen-bond acceptors (Lipinski definition) is 6. The first-order chi connectivity index (χ1) is 9.87. The van der Waals surface area contributed by atoms with Crippen LogP contribution in [0.2, 0.25) is 0 Å². The Morgan fingerprint density at radius 2 is 2.14 bits per heavy atom. The zero-order valence-electron chi connectivity index (χ0n) is 12.3. The molecule has 0 spiro atoms. The highest BCUT2D eigenvalue weighted by atomic mass is 32.2. The highest BCUT2D eigenvalue weighted by Gasteiger charge is 2.33. The number of aromatic nitrogens is 2. The van der Waals surface area contributed by atoms with Gasteiger partial charge in [0.25, 0.3) is 0 Å². The van der Waals surface area contributed by atoms with Crippen molar-refractivity contribution in [3.63, 3.8) is 0 Å². The van der Waals surface area contributed by atoms with Gasteiger partial charge in [-0.2, -0.15) is 4.98 Å². The third-order valence-corrected chi connectivity index (χ3v) is 6.79. The quantitative estimate of drug-likeness (QED) is 0.843. The van der Waals surface area contributed by atoms with E-state index in [1.54, 1.807) is 18.3 Å². The molecule has 1 saturated carbocycles. The Kier molecular flexibility index (Phi) is 3.65. The molecule has 1 atom stereocenters. The molecule has 0 aliphatic heterocycles. The summed E-state index contributed by atoms with van der Waals surface area (Å²) in [6.07, 6.45) is 2.13. The smallest absolute Gasteiger partial charge is 0.244 e. The third kappa shape index (κ3) is 3.03. The van der Waals surface area contributed by atoms with Gasteiger partial charge in [0, 0.05) is 15.7 Å². The molecule has 2 heterocycles. The number of nitrogens with zero attached hydrogens (tertiary/aromatic N) is 2. The first-order valence-corrected chi connectivity index (χ1v) is 9.51. The number of aryl methyl sites for hydroxylation is 2. The minimum atomic E-state index is -3.36. The minimum Gasteiger partial charge on any atom is -0.338 e. The summed E-state index contributed by atoms with van der Waals surface area (Å²) in [4.78, 5) is 6.43. The fraction of sp³-hybridized carbons (Fsp3) is 0.571. The lowest BCUT2D eigenvalue weighted by atomic mass is 10.3. The SMILES string of the molecule is Cc1cc(CS(=O)(=O)[C@@H](C)c2nc(C3CC3)no2)c(C)s1. The van der Waals surface area contributed by atoms with Gasteiger partial charge in [0.1, 0.15) is 5.25 Å². The van der Waals surface area contributed by atoms with Gasteiger partial charge in [0.05, 0.1) is 5.75 Å². The average molecular weight is 326 g/mol. The van der Waals surface area contributed by atoms with Crippen LogP contribution in [-0.4, -0.2) is 18.6 Å². The van der Waals surface area contributed by atoms with E-state index in [9.17, 15) is 8.42 Å². The van der Waals surface area contributed by atoms with E-state index in [4.69, 9.17) is 4.52 Å². The highest BCUT2D eigenvalue weighted by molar-refractivity contribution is 7.90. The summed E-state index contributed by atoms with van der Waals surface area (Å²) in [5.74, 6) is 1.24. The normalized spacial score (nSPS) is 17.1. The van der Waals surface area contributed by atoms with Crippen LogP contribution in [0.1, 0.15) is 58.0 Å². The van der Waals surface area contributed by atoms with E-state index in [0.29, 0.717) is 11.7 Å². The monoisotopic (exact) mass is 326 g/mol. The second-order valence-electron chi connectivity index (χ2n) is 5.65. The Bertz CT molecular complexity index is 757. The standard InChI is InChI=1S/C14H18N2O3S2/c1-8-6-12(9(2)20-8)7-21(17,18)10(3)14-15-13(16-19-14)11-4-5-11/h6,10-11H,4-5,7H2,1-3H3/t10-/m0/s1. The van der Waals surface area contributed by atoms with Crippen LogP contribution in [0.25, 0.3) is 0 Å². The van der Waals surface area contributed by atoms with E-state index in [0.717, 1.165) is 28.2 Å². The summed E-state index contributed by atoms with van der Waals surface area (Å²) in [7, 11) is -3.36. The van der Waals surface area contributed by atoms with E-state index in [1.807, 2.05) is 19.9 Å². The zero-order chi connectivity index (χ0) is 15.2. The molecule has 2 aromatic heterocycles. The van der Waals surface area contributed by atoms with Gasteiger partial charge < -0.3 is 4.52 Å². The molecular formula is C14H18N2O3S2. The van der Waals surface area contributed by atoms with Gasteiger partial charge in [-0.1, -0.05) is 5.16 Å². The topological polar surface area (TPSA) is 73.1 Å². The van der Waals surface area contributed by atoms with Crippen molar-refractivity contribution in [1.29, 1.82) is 0 Å². The Balaban J connectivity index is 1.81. The van der Waals surface area contributed by atoms with Gasteiger partial charge in [-0.25, -0.2) is 8.42 Å². The van der Waals surface area contributed by atoms with E-state index >= 15 is 0 Å². The molecule has 0 radical (unpaired) electrons. The molecule has 21 heavy (non-hydrogen) atoms. The average Bonchev–Trinajstić information content (AvgIpc) is 3.06. The van der Waals surface area contributed by atoms with Crippen LogP contribution in [0.3, 0.4) is 0 Å². The van der Waals surface area contributed by atoms with E-state index < -0.39 is 15.1 Å². The van der Waals surface area contributed by atoms with Crippen LogP contribution in [-0.2, 0) is 15.6 Å². The highest BCUT2D eigenvalue weighted by Crippen LogP contribution is 2.39. The molecule has 2 aromatic rings. The summed E-state index contributed by atoms with van der Waals surface area (Å²) < 4.78 is 30.2.